The molecule has 0 fully saturated rings. The SMILES string of the molecule is CCCCCCCCCC/C=C\CCCCCCCCC(O)C(=O)NC(CO)C(O)/C=C/CC/C=C/CCCCCCCCCCCCCCCCCCCC. The molecule has 0 saturated heterocycles. The van der Waals surface area contributed by atoms with Crippen LogP contribution < -0.4 is 5.32 Å². The summed E-state index contributed by atoms with van der Waals surface area (Å²) >= 11 is 0. The first-order chi connectivity index (χ1) is 27.6. The molecule has 0 radical (unpaired) electrons. The van der Waals surface area contributed by atoms with Crippen LogP contribution in [0, 0.1) is 0 Å². The van der Waals surface area contributed by atoms with Gasteiger partial charge in [0, 0.05) is 0 Å². The molecular weight excluding hydrogens is 691 g/mol. The van der Waals surface area contributed by atoms with E-state index in [4.69, 9.17) is 0 Å². The zero-order valence-corrected chi connectivity index (χ0v) is 37.5. The highest BCUT2D eigenvalue weighted by molar-refractivity contribution is 5.80. The first kappa shape index (κ1) is 54.6. The van der Waals surface area contributed by atoms with Crippen molar-refractivity contribution in [2.24, 2.45) is 0 Å². The lowest BCUT2D eigenvalue weighted by molar-refractivity contribution is -0.131. The second-order valence-electron chi connectivity index (χ2n) is 17.0. The minimum atomic E-state index is -1.11. The number of aliphatic hydroxyl groups is 3. The van der Waals surface area contributed by atoms with Gasteiger partial charge < -0.3 is 20.6 Å². The number of aliphatic hydroxyl groups excluding tert-OH is 3. The average molecular weight is 788 g/mol. The summed E-state index contributed by atoms with van der Waals surface area (Å²) in [5.74, 6) is -0.516. The molecule has 3 atom stereocenters. The van der Waals surface area contributed by atoms with Crippen LogP contribution in [0.25, 0.3) is 0 Å². The van der Waals surface area contributed by atoms with Crippen molar-refractivity contribution in [1.82, 2.24) is 5.32 Å². The van der Waals surface area contributed by atoms with Gasteiger partial charge in [-0.15, -0.1) is 0 Å². The van der Waals surface area contributed by atoms with Gasteiger partial charge in [-0.1, -0.05) is 237 Å². The number of unbranched alkanes of at least 4 members (excludes halogenated alkanes) is 33. The summed E-state index contributed by atoms with van der Waals surface area (Å²) in [6.45, 7) is 4.18. The van der Waals surface area contributed by atoms with E-state index in [-0.39, 0.29) is 6.61 Å². The molecular formula is C51H97NO4. The van der Waals surface area contributed by atoms with E-state index in [0.29, 0.717) is 6.42 Å². The molecule has 0 aromatic carbocycles. The smallest absolute Gasteiger partial charge is 0.249 e. The molecule has 0 aliphatic heterocycles. The molecule has 0 aliphatic rings. The Hall–Kier alpha value is -1.43. The summed E-state index contributed by atoms with van der Waals surface area (Å²) in [5.41, 5.74) is 0. The summed E-state index contributed by atoms with van der Waals surface area (Å²) < 4.78 is 0. The van der Waals surface area contributed by atoms with E-state index in [1.54, 1.807) is 6.08 Å². The van der Waals surface area contributed by atoms with Gasteiger partial charge in [0.2, 0.25) is 5.91 Å². The molecule has 0 aromatic rings. The molecule has 5 heteroatoms. The highest BCUT2D eigenvalue weighted by Crippen LogP contribution is 2.16. The monoisotopic (exact) mass is 788 g/mol. The largest absolute Gasteiger partial charge is 0.394 e. The maximum Gasteiger partial charge on any atom is 0.249 e. The maximum atomic E-state index is 12.5. The number of hydrogen-bond acceptors (Lipinski definition) is 4. The fraction of sp³-hybridized carbons (Fsp3) is 0.863. The average Bonchev–Trinajstić information content (AvgIpc) is 3.20. The van der Waals surface area contributed by atoms with Crippen LogP contribution in [-0.2, 0) is 4.79 Å². The third-order valence-electron chi connectivity index (χ3n) is 11.5. The first-order valence-electron chi connectivity index (χ1n) is 24.8. The third kappa shape index (κ3) is 40.8. The number of amides is 1. The first-order valence-corrected chi connectivity index (χ1v) is 24.8. The Morgan fingerprint density at radius 1 is 0.429 bits per heavy atom. The van der Waals surface area contributed by atoms with Crippen LogP contribution >= 0.6 is 0 Å². The Kier molecular flexibility index (Phi) is 45.1. The van der Waals surface area contributed by atoms with Crippen molar-refractivity contribution >= 4 is 5.91 Å². The summed E-state index contributed by atoms with van der Waals surface area (Å²) in [7, 11) is 0. The minimum Gasteiger partial charge on any atom is -0.394 e. The summed E-state index contributed by atoms with van der Waals surface area (Å²) in [6, 6.07) is -0.817. The van der Waals surface area contributed by atoms with E-state index < -0.39 is 24.2 Å². The number of nitrogens with one attached hydrogen (secondary N) is 1. The predicted octanol–water partition coefficient (Wildman–Crippen LogP) is 14.7. The Bertz CT molecular complexity index is 870. The van der Waals surface area contributed by atoms with Gasteiger partial charge in [0.25, 0.3) is 0 Å². The van der Waals surface area contributed by atoms with Crippen LogP contribution in [0.1, 0.15) is 258 Å². The van der Waals surface area contributed by atoms with Crippen molar-refractivity contribution < 1.29 is 20.1 Å². The molecule has 3 unspecified atom stereocenters. The summed E-state index contributed by atoms with van der Waals surface area (Å²) in [4.78, 5) is 12.5. The van der Waals surface area contributed by atoms with Crippen molar-refractivity contribution in [2.75, 3.05) is 6.61 Å². The van der Waals surface area contributed by atoms with E-state index >= 15 is 0 Å². The fourth-order valence-corrected chi connectivity index (χ4v) is 7.55. The van der Waals surface area contributed by atoms with Crippen LogP contribution in [0.4, 0.5) is 0 Å². The third-order valence-corrected chi connectivity index (χ3v) is 11.5. The van der Waals surface area contributed by atoms with E-state index in [0.717, 1.165) is 38.5 Å². The lowest BCUT2D eigenvalue weighted by atomic mass is 10.0. The molecule has 0 spiro atoms. The fourth-order valence-electron chi connectivity index (χ4n) is 7.55. The highest BCUT2D eigenvalue weighted by atomic mass is 16.3. The standard InChI is InChI=1S/C51H97NO4/c1-3-5-7-9-11-13-15-17-19-21-23-24-25-26-27-28-30-31-33-35-37-39-41-43-45-49(54)48(47-53)52-51(56)50(55)46-44-42-40-38-36-34-32-29-22-20-18-16-14-12-10-8-6-4-2/h22,29,35,37,43,45,48-50,53-55H,3-21,23-28,30-34,36,38-42,44,46-47H2,1-2H3,(H,52,56)/b29-22-,37-35+,45-43+. The van der Waals surface area contributed by atoms with Gasteiger partial charge >= 0.3 is 0 Å². The molecule has 56 heavy (non-hydrogen) atoms. The van der Waals surface area contributed by atoms with Crippen LogP contribution in [0.2, 0.25) is 0 Å². The maximum absolute atomic E-state index is 12.5. The predicted molar refractivity (Wildman–Crippen MR) is 245 cm³/mol. The molecule has 0 bridgehead atoms. The molecule has 0 saturated carbocycles. The van der Waals surface area contributed by atoms with E-state index in [2.05, 4.69) is 43.5 Å². The zero-order chi connectivity index (χ0) is 40.8. The number of hydrogen-bond donors (Lipinski definition) is 4. The Morgan fingerprint density at radius 2 is 0.732 bits per heavy atom. The second kappa shape index (κ2) is 46.3. The van der Waals surface area contributed by atoms with E-state index in [1.807, 2.05) is 6.08 Å². The molecule has 0 heterocycles. The van der Waals surface area contributed by atoms with Crippen LogP contribution in [0.5, 0.6) is 0 Å². The minimum absolute atomic E-state index is 0.377. The molecule has 4 N–H and O–H groups in total. The quantitative estimate of drug-likeness (QED) is 0.0365. The molecule has 1 amide bonds. The van der Waals surface area contributed by atoms with Gasteiger partial charge in [0.15, 0.2) is 0 Å². The van der Waals surface area contributed by atoms with Crippen molar-refractivity contribution in [1.29, 1.82) is 0 Å². The van der Waals surface area contributed by atoms with Crippen molar-refractivity contribution in [3.05, 3.63) is 36.5 Å². The van der Waals surface area contributed by atoms with E-state index in [9.17, 15) is 20.1 Å². The highest BCUT2D eigenvalue weighted by Gasteiger charge is 2.22. The topological polar surface area (TPSA) is 89.8 Å². The second-order valence-corrected chi connectivity index (χ2v) is 17.0. The van der Waals surface area contributed by atoms with Gasteiger partial charge in [-0.25, -0.2) is 0 Å². The Labute approximate surface area is 349 Å². The van der Waals surface area contributed by atoms with Gasteiger partial charge in [-0.2, -0.15) is 0 Å². The van der Waals surface area contributed by atoms with Crippen LogP contribution in [-0.4, -0.2) is 46.1 Å². The van der Waals surface area contributed by atoms with Crippen molar-refractivity contribution in [3.63, 3.8) is 0 Å². The van der Waals surface area contributed by atoms with Crippen molar-refractivity contribution in [3.8, 4) is 0 Å². The number of rotatable bonds is 45. The zero-order valence-electron chi connectivity index (χ0n) is 37.5. The van der Waals surface area contributed by atoms with Gasteiger partial charge in [0.1, 0.15) is 6.10 Å². The molecule has 5 nitrogen and oxygen atoms in total. The number of carbonyl (C=O) groups is 1. The summed E-state index contributed by atoms with van der Waals surface area (Å²) in [6.07, 6.45) is 59.1. The molecule has 0 aromatic heterocycles. The number of allylic oxidation sites excluding steroid dienone is 5. The number of carbonyl (C=O) groups excluding carboxylic acids is 1. The lowest BCUT2D eigenvalue weighted by Gasteiger charge is -2.21. The van der Waals surface area contributed by atoms with Gasteiger partial charge in [0.05, 0.1) is 18.8 Å². The van der Waals surface area contributed by atoms with Crippen LogP contribution in [0.15, 0.2) is 36.5 Å². The lowest BCUT2D eigenvalue weighted by Crippen LogP contribution is -2.48. The van der Waals surface area contributed by atoms with Crippen LogP contribution in [0.3, 0.4) is 0 Å². The molecule has 0 aliphatic carbocycles. The van der Waals surface area contributed by atoms with Crippen molar-refractivity contribution in [2.45, 2.75) is 276 Å². The normalized spacial score (nSPS) is 13.7. The van der Waals surface area contributed by atoms with Gasteiger partial charge in [-0.05, 0) is 57.8 Å². The van der Waals surface area contributed by atoms with E-state index in [1.165, 1.54) is 199 Å². The Morgan fingerprint density at radius 3 is 1.09 bits per heavy atom. The molecule has 330 valence electrons. The Balaban J connectivity index is 3.67. The summed E-state index contributed by atoms with van der Waals surface area (Å²) in [5, 5.41) is 33.2. The molecule has 0 rings (SSSR count). The van der Waals surface area contributed by atoms with Gasteiger partial charge in [-0.3, -0.25) is 4.79 Å².